The molecule has 1 N–H and O–H groups in total. The molecule has 0 aliphatic carbocycles. The fraction of sp³-hybridized carbons (Fsp3) is 0.312. The molecular weight excluding hydrogens is 314 g/mol. The van der Waals surface area contributed by atoms with Crippen molar-refractivity contribution >= 4 is 28.3 Å². The Labute approximate surface area is 138 Å². The Bertz CT molecular complexity index is 709. The molecule has 2 amide bonds. The van der Waals surface area contributed by atoms with E-state index in [1.165, 1.54) is 11.3 Å². The van der Waals surface area contributed by atoms with Gasteiger partial charge in [0.25, 0.3) is 11.8 Å². The van der Waals surface area contributed by atoms with Crippen LogP contribution in [0, 0.1) is 6.92 Å². The molecule has 3 rings (SSSR count). The van der Waals surface area contributed by atoms with Gasteiger partial charge < -0.3 is 9.64 Å². The van der Waals surface area contributed by atoms with E-state index in [0.29, 0.717) is 47.6 Å². The van der Waals surface area contributed by atoms with Crippen molar-refractivity contribution in [2.45, 2.75) is 6.92 Å². The molecule has 1 fully saturated rings. The summed E-state index contributed by atoms with van der Waals surface area (Å²) in [5.74, 6) is -0.284. The van der Waals surface area contributed by atoms with Crippen molar-refractivity contribution < 1.29 is 14.3 Å². The Morgan fingerprint density at radius 3 is 2.61 bits per heavy atom. The summed E-state index contributed by atoms with van der Waals surface area (Å²) < 4.78 is 5.26. The van der Waals surface area contributed by atoms with Gasteiger partial charge in [0.05, 0.1) is 18.9 Å². The number of thiazole rings is 1. The molecule has 1 aliphatic heterocycles. The highest BCUT2D eigenvalue weighted by Gasteiger charge is 2.23. The second kappa shape index (κ2) is 6.89. The third kappa shape index (κ3) is 3.57. The van der Waals surface area contributed by atoms with Crippen LogP contribution in [0.15, 0.2) is 30.3 Å². The van der Waals surface area contributed by atoms with Crippen molar-refractivity contribution in [1.82, 2.24) is 9.88 Å². The predicted molar refractivity (Wildman–Crippen MR) is 88.0 cm³/mol. The molecule has 7 heteroatoms. The van der Waals surface area contributed by atoms with Crippen molar-refractivity contribution in [2.24, 2.45) is 0 Å². The number of morpholine rings is 1. The summed E-state index contributed by atoms with van der Waals surface area (Å²) in [4.78, 5) is 31.3. The third-order valence-corrected chi connectivity index (χ3v) is 4.61. The number of amides is 2. The number of aromatic nitrogens is 1. The van der Waals surface area contributed by atoms with Crippen LogP contribution >= 0.6 is 11.3 Å². The van der Waals surface area contributed by atoms with Crippen LogP contribution in [0.3, 0.4) is 0 Å². The minimum absolute atomic E-state index is 0.0523. The van der Waals surface area contributed by atoms with Crippen LogP contribution < -0.4 is 5.32 Å². The van der Waals surface area contributed by atoms with E-state index in [1.54, 1.807) is 36.1 Å². The number of rotatable bonds is 3. The SMILES string of the molecule is Cc1nc(NC(=O)c2ccccc2)sc1C(=O)N1CCOCC1. The molecule has 0 spiro atoms. The number of nitrogens with zero attached hydrogens (tertiary/aromatic N) is 2. The largest absolute Gasteiger partial charge is 0.378 e. The van der Waals surface area contributed by atoms with Gasteiger partial charge in [0.1, 0.15) is 4.88 Å². The van der Waals surface area contributed by atoms with Gasteiger partial charge in [0, 0.05) is 18.7 Å². The van der Waals surface area contributed by atoms with E-state index >= 15 is 0 Å². The zero-order valence-corrected chi connectivity index (χ0v) is 13.6. The Hall–Kier alpha value is -2.25. The summed E-state index contributed by atoms with van der Waals surface area (Å²) in [5.41, 5.74) is 1.19. The molecule has 1 aromatic heterocycles. The zero-order valence-electron chi connectivity index (χ0n) is 12.7. The maximum atomic E-state index is 12.5. The molecule has 0 unspecified atom stereocenters. The fourth-order valence-electron chi connectivity index (χ4n) is 2.32. The lowest BCUT2D eigenvalue weighted by atomic mass is 10.2. The first-order valence-electron chi connectivity index (χ1n) is 7.36. The molecule has 0 bridgehead atoms. The van der Waals surface area contributed by atoms with Crippen LogP contribution in [0.1, 0.15) is 25.7 Å². The average Bonchev–Trinajstić information content (AvgIpc) is 2.96. The number of ether oxygens (including phenoxy) is 1. The minimum Gasteiger partial charge on any atom is -0.378 e. The highest BCUT2D eigenvalue weighted by Crippen LogP contribution is 2.25. The number of benzene rings is 1. The van der Waals surface area contributed by atoms with Crippen LogP contribution in [0.4, 0.5) is 5.13 Å². The number of carbonyl (C=O) groups excluding carboxylic acids is 2. The molecule has 1 saturated heterocycles. The number of hydrogen-bond donors (Lipinski definition) is 1. The maximum Gasteiger partial charge on any atom is 0.266 e. The smallest absolute Gasteiger partial charge is 0.266 e. The van der Waals surface area contributed by atoms with Gasteiger partial charge in [-0.25, -0.2) is 4.98 Å². The van der Waals surface area contributed by atoms with Gasteiger partial charge in [-0.05, 0) is 19.1 Å². The van der Waals surface area contributed by atoms with Gasteiger partial charge in [0.2, 0.25) is 0 Å². The van der Waals surface area contributed by atoms with Crippen molar-refractivity contribution in [2.75, 3.05) is 31.6 Å². The van der Waals surface area contributed by atoms with Gasteiger partial charge in [-0.3, -0.25) is 14.9 Å². The molecule has 0 radical (unpaired) electrons. The average molecular weight is 331 g/mol. The number of hydrogen-bond acceptors (Lipinski definition) is 5. The Balaban J connectivity index is 1.73. The Morgan fingerprint density at radius 2 is 1.91 bits per heavy atom. The zero-order chi connectivity index (χ0) is 16.2. The first-order chi connectivity index (χ1) is 11.1. The maximum absolute atomic E-state index is 12.5. The Morgan fingerprint density at radius 1 is 1.22 bits per heavy atom. The van der Waals surface area contributed by atoms with E-state index in [4.69, 9.17) is 4.74 Å². The molecule has 6 nitrogen and oxygen atoms in total. The lowest BCUT2D eigenvalue weighted by molar-refractivity contribution is 0.0305. The summed E-state index contributed by atoms with van der Waals surface area (Å²) in [7, 11) is 0. The molecule has 1 aromatic carbocycles. The van der Waals surface area contributed by atoms with E-state index in [2.05, 4.69) is 10.3 Å². The van der Waals surface area contributed by atoms with Gasteiger partial charge in [-0.15, -0.1) is 0 Å². The number of aryl methyl sites for hydroxylation is 1. The number of anilines is 1. The van der Waals surface area contributed by atoms with E-state index in [0.717, 1.165) is 0 Å². The molecule has 0 saturated carbocycles. The van der Waals surface area contributed by atoms with Crippen LogP contribution in [-0.4, -0.2) is 48.0 Å². The quantitative estimate of drug-likeness (QED) is 0.936. The lowest BCUT2D eigenvalue weighted by Crippen LogP contribution is -2.40. The van der Waals surface area contributed by atoms with E-state index in [9.17, 15) is 9.59 Å². The van der Waals surface area contributed by atoms with Crippen LogP contribution in [0.2, 0.25) is 0 Å². The minimum atomic E-state index is -0.232. The lowest BCUT2D eigenvalue weighted by Gasteiger charge is -2.26. The monoisotopic (exact) mass is 331 g/mol. The molecular formula is C16H17N3O3S. The van der Waals surface area contributed by atoms with Crippen LogP contribution in [0.25, 0.3) is 0 Å². The second-order valence-corrected chi connectivity index (χ2v) is 6.16. The summed E-state index contributed by atoms with van der Waals surface area (Å²) >= 11 is 1.21. The summed E-state index contributed by atoms with van der Waals surface area (Å²) in [6, 6.07) is 8.92. The van der Waals surface area contributed by atoms with Crippen molar-refractivity contribution in [3.63, 3.8) is 0 Å². The fourth-order valence-corrected chi connectivity index (χ4v) is 3.25. The topological polar surface area (TPSA) is 71.5 Å². The molecule has 0 atom stereocenters. The predicted octanol–water partition coefficient (Wildman–Crippen LogP) is 2.18. The molecule has 120 valence electrons. The van der Waals surface area contributed by atoms with Crippen LogP contribution in [-0.2, 0) is 4.74 Å². The molecule has 2 heterocycles. The second-order valence-electron chi connectivity index (χ2n) is 5.16. The van der Waals surface area contributed by atoms with Crippen molar-refractivity contribution in [3.05, 3.63) is 46.5 Å². The van der Waals surface area contributed by atoms with Crippen molar-refractivity contribution in [1.29, 1.82) is 0 Å². The van der Waals surface area contributed by atoms with Gasteiger partial charge in [-0.2, -0.15) is 0 Å². The molecule has 2 aromatic rings. The standard InChI is InChI=1S/C16H17N3O3S/c1-11-13(15(21)19-7-9-22-10-8-19)23-16(17-11)18-14(20)12-5-3-2-4-6-12/h2-6H,7-10H2,1H3,(H,17,18,20). The third-order valence-electron chi connectivity index (χ3n) is 3.55. The molecule has 23 heavy (non-hydrogen) atoms. The summed E-state index contributed by atoms with van der Waals surface area (Å²) in [6.07, 6.45) is 0. The first-order valence-corrected chi connectivity index (χ1v) is 8.17. The molecule has 1 aliphatic rings. The Kier molecular flexibility index (Phi) is 4.68. The van der Waals surface area contributed by atoms with E-state index < -0.39 is 0 Å². The highest BCUT2D eigenvalue weighted by molar-refractivity contribution is 7.17. The van der Waals surface area contributed by atoms with E-state index in [-0.39, 0.29) is 11.8 Å². The van der Waals surface area contributed by atoms with Gasteiger partial charge >= 0.3 is 0 Å². The van der Waals surface area contributed by atoms with Crippen LogP contribution in [0.5, 0.6) is 0 Å². The summed E-state index contributed by atoms with van der Waals surface area (Å²) in [5, 5.41) is 3.19. The highest BCUT2D eigenvalue weighted by atomic mass is 32.1. The van der Waals surface area contributed by atoms with Gasteiger partial charge in [-0.1, -0.05) is 29.5 Å². The first kappa shape index (κ1) is 15.6. The number of carbonyl (C=O) groups is 2. The van der Waals surface area contributed by atoms with Crippen molar-refractivity contribution in [3.8, 4) is 0 Å². The van der Waals surface area contributed by atoms with Gasteiger partial charge in [0.15, 0.2) is 5.13 Å². The summed E-state index contributed by atoms with van der Waals surface area (Å²) in [6.45, 7) is 4.06. The normalized spacial score (nSPS) is 14.6. The van der Waals surface area contributed by atoms with E-state index in [1.807, 2.05) is 6.07 Å². The number of nitrogens with one attached hydrogen (secondary N) is 1.